The average molecular weight is 481 g/mol. The monoisotopic (exact) mass is 480 g/mol. The molecule has 2 aromatic carbocycles. The van der Waals surface area contributed by atoms with Gasteiger partial charge in [-0.2, -0.15) is 5.26 Å². The SMILES string of the molecule is CC(C)OC(=O)Nc1ccc(-c2c(C#N)c3ccc(OCc4cccnc4)cc3n2C2CCC2)cc1. The molecule has 0 spiro atoms. The van der Waals surface area contributed by atoms with Gasteiger partial charge in [0.05, 0.1) is 22.9 Å². The van der Waals surface area contributed by atoms with Crippen molar-refractivity contribution in [3.05, 3.63) is 78.1 Å². The van der Waals surface area contributed by atoms with Crippen LogP contribution in [-0.4, -0.2) is 21.7 Å². The number of rotatable bonds is 7. The maximum absolute atomic E-state index is 12.0. The number of ether oxygens (including phenoxy) is 2. The summed E-state index contributed by atoms with van der Waals surface area (Å²) in [6.07, 6.45) is 6.17. The Morgan fingerprint density at radius 1 is 1.19 bits per heavy atom. The summed E-state index contributed by atoms with van der Waals surface area (Å²) in [6.45, 7) is 4.04. The predicted octanol–water partition coefficient (Wildman–Crippen LogP) is 6.84. The molecule has 1 aliphatic rings. The van der Waals surface area contributed by atoms with E-state index in [4.69, 9.17) is 9.47 Å². The van der Waals surface area contributed by atoms with Crippen molar-refractivity contribution in [2.24, 2.45) is 0 Å². The van der Waals surface area contributed by atoms with Gasteiger partial charge in [-0.1, -0.05) is 18.2 Å². The molecule has 0 unspecified atom stereocenters. The highest BCUT2D eigenvalue weighted by molar-refractivity contribution is 5.96. The summed E-state index contributed by atoms with van der Waals surface area (Å²) in [5.41, 5.74) is 5.11. The predicted molar refractivity (Wildman–Crippen MR) is 139 cm³/mol. The van der Waals surface area contributed by atoms with Gasteiger partial charge < -0.3 is 14.0 Å². The van der Waals surface area contributed by atoms with Gasteiger partial charge in [0.15, 0.2) is 0 Å². The molecule has 1 saturated carbocycles. The molecule has 1 N–H and O–H groups in total. The lowest BCUT2D eigenvalue weighted by molar-refractivity contribution is 0.130. The zero-order valence-electron chi connectivity index (χ0n) is 20.4. The molecule has 2 heterocycles. The second-order valence-electron chi connectivity index (χ2n) is 9.28. The molecule has 7 nitrogen and oxygen atoms in total. The number of hydrogen-bond acceptors (Lipinski definition) is 5. The molecular formula is C29H28N4O3. The summed E-state index contributed by atoms with van der Waals surface area (Å²) in [6, 6.07) is 20.1. The largest absolute Gasteiger partial charge is 0.489 e. The lowest BCUT2D eigenvalue weighted by Crippen LogP contribution is -2.18. The fraction of sp³-hybridized carbons (Fsp3) is 0.276. The molecular weight excluding hydrogens is 452 g/mol. The Labute approximate surface area is 210 Å². The summed E-state index contributed by atoms with van der Waals surface area (Å²) in [5.74, 6) is 0.753. The first-order valence-electron chi connectivity index (χ1n) is 12.2. The highest BCUT2D eigenvalue weighted by atomic mass is 16.6. The number of hydrogen-bond donors (Lipinski definition) is 1. The summed E-state index contributed by atoms with van der Waals surface area (Å²) >= 11 is 0. The van der Waals surface area contributed by atoms with Gasteiger partial charge >= 0.3 is 6.09 Å². The molecule has 182 valence electrons. The molecule has 0 bridgehead atoms. The maximum atomic E-state index is 12.0. The van der Waals surface area contributed by atoms with Crippen LogP contribution in [0.1, 0.15) is 50.3 Å². The van der Waals surface area contributed by atoms with E-state index in [2.05, 4.69) is 20.9 Å². The van der Waals surface area contributed by atoms with Crippen molar-refractivity contribution in [1.82, 2.24) is 9.55 Å². The number of benzene rings is 2. The van der Waals surface area contributed by atoms with Gasteiger partial charge in [0, 0.05) is 41.1 Å². The second kappa shape index (κ2) is 10.1. The normalized spacial score (nSPS) is 13.3. The Hall–Kier alpha value is -4.31. The first-order chi connectivity index (χ1) is 17.5. The van der Waals surface area contributed by atoms with Gasteiger partial charge in [0.1, 0.15) is 18.4 Å². The number of carbonyl (C=O) groups is 1. The lowest BCUT2D eigenvalue weighted by atomic mass is 9.92. The van der Waals surface area contributed by atoms with E-state index >= 15 is 0 Å². The van der Waals surface area contributed by atoms with Crippen molar-refractivity contribution in [3.8, 4) is 23.1 Å². The fourth-order valence-electron chi connectivity index (χ4n) is 4.52. The van der Waals surface area contributed by atoms with Crippen LogP contribution in [0.25, 0.3) is 22.2 Å². The number of fused-ring (bicyclic) bond motifs is 1. The molecule has 7 heteroatoms. The van der Waals surface area contributed by atoms with Crippen LogP contribution in [0.5, 0.6) is 5.75 Å². The quantitative estimate of drug-likeness (QED) is 0.313. The third-order valence-corrected chi connectivity index (χ3v) is 6.40. The standard InChI is InChI=1S/C29H28N4O3/c1-19(2)36-29(34)32-22-10-8-21(9-11-22)28-26(16-30)25-13-12-24(35-18-20-5-4-14-31-17-20)15-27(25)33(28)23-6-3-7-23/h4-5,8-15,17,19,23H,3,6-7,18H2,1-2H3,(H,32,34). The van der Waals surface area contributed by atoms with E-state index in [1.165, 1.54) is 6.42 Å². The van der Waals surface area contributed by atoms with Crippen LogP contribution in [0.3, 0.4) is 0 Å². The van der Waals surface area contributed by atoms with Crippen molar-refractivity contribution in [1.29, 1.82) is 5.26 Å². The number of aromatic nitrogens is 2. The Morgan fingerprint density at radius 3 is 2.64 bits per heavy atom. The Bertz CT molecular complexity index is 1420. The molecule has 36 heavy (non-hydrogen) atoms. The summed E-state index contributed by atoms with van der Waals surface area (Å²) < 4.78 is 13.5. The van der Waals surface area contributed by atoms with E-state index in [0.717, 1.165) is 46.3 Å². The molecule has 0 aliphatic heterocycles. The first kappa shape index (κ1) is 23.4. The number of nitrogens with zero attached hydrogens (tertiary/aromatic N) is 3. The fourth-order valence-corrected chi connectivity index (χ4v) is 4.52. The maximum Gasteiger partial charge on any atom is 0.411 e. The summed E-state index contributed by atoms with van der Waals surface area (Å²) in [5, 5.41) is 13.8. The number of nitrogens with one attached hydrogen (secondary N) is 1. The van der Waals surface area contributed by atoms with Crippen LogP contribution in [-0.2, 0) is 11.3 Å². The van der Waals surface area contributed by atoms with E-state index in [9.17, 15) is 10.1 Å². The Kier molecular flexibility index (Phi) is 6.59. The van der Waals surface area contributed by atoms with Gasteiger partial charge in [0.25, 0.3) is 0 Å². The van der Waals surface area contributed by atoms with Crippen LogP contribution in [0.15, 0.2) is 67.0 Å². The van der Waals surface area contributed by atoms with Gasteiger partial charge in [-0.15, -0.1) is 0 Å². The van der Waals surface area contributed by atoms with E-state index in [-0.39, 0.29) is 6.10 Å². The minimum absolute atomic E-state index is 0.195. The van der Waals surface area contributed by atoms with E-state index in [1.807, 2.05) is 54.6 Å². The molecule has 0 radical (unpaired) electrons. The number of pyridine rings is 1. The highest BCUT2D eigenvalue weighted by Gasteiger charge is 2.28. The van der Waals surface area contributed by atoms with Crippen molar-refractivity contribution < 1.29 is 14.3 Å². The third-order valence-electron chi connectivity index (χ3n) is 6.40. The van der Waals surface area contributed by atoms with Crippen molar-refractivity contribution in [3.63, 3.8) is 0 Å². The van der Waals surface area contributed by atoms with Crippen LogP contribution >= 0.6 is 0 Å². The van der Waals surface area contributed by atoms with E-state index in [0.29, 0.717) is 23.9 Å². The van der Waals surface area contributed by atoms with Gasteiger partial charge in [-0.05, 0) is 69.0 Å². The van der Waals surface area contributed by atoms with E-state index < -0.39 is 6.09 Å². The number of anilines is 1. The topological polar surface area (TPSA) is 89.2 Å². The van der Waals surface area contributed by atoms with Crippen LogP contribution < -0.4 is 10.1 Å². The number of carbonyl (C=O) groups excluding carboxylic acids is 1. The van der Waals surface area contributed by atoms with Crippen molar-refractivity contribution in [2.75, 3.05) is 5.32 Å². The minimum atomic E-state index is -0.488. The van der Waals surface area contributed by atoms with Gasteiger partial charge in [-0.25, -0.2) is 4.79 Å². The van der Waals surface area contributed by atoms with Crippen LogP contribution in [0, 0.1) is 11.3 Å². The smallest absolute Gasteiger partial charge is 0.411 e. The minimum Gasteiger partial charge on any atom is -0.489 e. The molecule has 2 aromatic heterocycles. The zero-order valence-corrected chi connectivity index (χ0v) is 20.4. The van der Waals surface area contributed by atoms with Crippen LogP contribution in [0.2, 0.25) is 0 Å². The zero-order chi connectivity index (χ0) is 25.1. The second-order valence-corrected chi connectivity index (χ2v) is 9.28. The van der Waals surface area contributed by atoms with Crippen LogP contribution in [0.4, 0.5) is 10.5 Å². The Balaban J connectivity index is 1.50. The molecule has 5 rings (SSSR count). The van der Waals surface area contributed by atoms with Crippen molar-refractivity contribution >= 4 is 22.7 Å². The third kappa shape index (κ3) is 4.76. The number of nitriles is 1. The molecule has 0 saturated heterocycles. The molecule has 4 aromatic rings. The average Bonchev–Trinajstić information content (AvgIpc) is 3.15. The first-order valence-corrected chi connectivity index (χ1v) is 12.2. The van der Waals surface area contributed by atoms with Crippen molar-refractivity contribution in [2.45, 2.75) is 51.9 Å². The van der Waals surface area contributed by atoms with Gasteiger partial charge in [0.2, 0.25) is 0 Å². The molecule has 1 aliphatic carbocycles. The molecule has 1 amide bonds. The summed E-state index contributed by atoms with van der Waals surface area (Å²) in [4.78, 5) is 16.1. The Morgan fingerprint density at radius 2 is 2.00 bits per heavy atom. The molecule has 0 atom stereocenters. The number of amides is 1. The van der Waals surface area contributed by atoms with Gasteiger partial charge in [-0.3, -0.25) is 10.3 Å². The lowest BCUT2D eigenvalue weighted by Gasteiger charge is -2.30. The molecule has 1 fully saturated rings. The van der Waals surface area contributed by atoms with E-state index in [1.54, 1.807) is 26.2 Å². The summed E-state index contributed by atoms with van der Waals surface area (Å²) in [7, 11) is 0. The highest BCUT2D eigenvalue weighted by Crippen LogP contribution is 2.43.